The van der Waals surface area contributed by atoms with Crippen molar-refractivity contribution in [3.63, 3.8) is 0 Å². The first-order chi connectivity index (χ1) is 6.50. The van der Waals surface area contributed by atoms with Crippen molar-refractivity contribution in [3.8, 4) is 0 Å². The van der Waals surface area contributed by atoms with E-state index in [0.29, 0.717) is 11.3 Å². The Balaban J connectivity index is 2.78. The lowest BCUT2D eigenvalue weighted by atomic mass is 10.2. The highest BCUT2D eigenvalue weighted by atomic mass is 35.5. The molecule has 0 saturated heterocycles. The van der Waals surface area contributed by atoms with Crippen LogP contribution >= 0.6 is 11.6 Å². The number of hydrogen-bond acceptors (Lipinski definition) is 1. The molecule has 4 heteroatoms. The summed E-state index contributed by atoms with van der Waals surface area (Å²) in [4.78, 5) is 11.1. The first-order valence-electron chi connectivity index (χ1n) is 4.22. The summed E-state index contributed by atoms with van der Waals surface area (Å²) >= 11 is 5.54. The summed E-state index contributed by atoms with van der Waals surface area (Å²) in [5, 5.41) is 1.87. The van der Waals surface area contributed by atoms with Crippen LogP contribution in [0.4, 0.5) is 10.1 Å². The van der Waals surface area contributed by atoms with Gasteiger partial charge in [-0.1, -0.05) is 6.07 Å². The zero-order valence-electron chi connectivity index (χ0n) is 7.97. The molecule has 0 bridgehead atoms. The number of hydrogen-bond donors (Lipinski definition) is 1. The second-order valence-corrected chi connectivity index (χ2v) is 3.72. The molecule has 0 aliphatic carbocycles. The van der Waals surface area contributed by atoms with E-state index in [0.717, 1.165) is 0 Å². The Morgan fingerprint density at radius 3 is 2.71 bits per heavy atom. The third kappa shape index (κ3) is 2.70. The van der Waals surface area contributed by atoms with E-state index in [1.54, 1.807) is 26.0 Å². The van der Waals surface area contributed by atoms with E-state index in [4.69, 9.17) is 11.6 Å². The summed E-state index contributed by atoms with van der Waals surface area (Å²) in [7, 11) is 0. The van der Waals surface area contributed by atoms with Gasteiger partial charge < -0.3 is 5.32 Å². The predicted molar refractivity (Wildman–Crippen MR) is 55.1 cm³/mol. The van der Waals surface area contributed by atoms with Crippen LogP contribution in [0, 0.1) is 12.7 Å². The zero-order chi connectivity index (χ0) is 10.7. The van der Waals surface area contributed by atoms with Crippen LogP contribution in [0.25, 0.3) is 0 Å². The largest absolute Gasteiger partial charge is 0.325 e. The van der Waals surface area contributed by atoms with Gasteiger partial charge in [-0.15, -0.1) is 11.6 Å². The van der Waals surface area contributed by atoms with Crippen molar-refractivity contribution in [2.45, 2.75) is 19.2 Å². The van der Waals surface area contributed by atoms with E-state index in [9.17, 15) is 9.18 Å². The van der Waals surface area contributed by atoms with Gasteiger partial charge >= 0.3 is 0 Å². The summed E-state index contributed by atoms with van der Waals surface area (Å²) in [5.74, 6) is -0.681. The van der Waals surface area contributed by atoms with Crippen molar-refractivity contribution in [2.75, 3.05) is 5.32 Å². The number of benzene rings is 1. The van der Waals surface area contributed by atoms with Crippen LogP contribution < -0.4 is 5.32 Å². The monoisotopic (exact) mass is 215 g/mol. The van der Waals surface area contributed by atoms with Crippen LogP contribution in [0.5, 0.6) is 0 Å². The molecule has 0 heterocycles. The van der Waals surface area contributed by atoms with Crippen LogP contribution in [-0.2, 0) is 4.79 Å². The summed E-state index contributed by atoms with van der Waals surface area (Å²) < 4.78 is 13.0. The number of anilines is 1. The quantitative estimate of drug-likeness (QED) is 0.756. The molecule has 0 aromatic heterocycles. The maximum absolute atomic E-state index is 13.0. The SMILES string of the molecule is Cc1ccc(NC(=O)[C@H](C)Cl)cc1F. The fraction of sp³-hybridized carbons (Fsp3) is 0.300. The number of halogens is 2. The molecule has 1 amide bonds. The third-order valence-electron chi connectivity index (χ3n) is 1.80. The minimum absolute atomic E-state index is 0.338. The van der Waals surface area contributed by atoms with E-state index in [2.05, 4.69) is 5.32 Å². The summed E-state index contributed by atoms with van der Waals surface area (Å²) in [6, 6.07) is 4.51. The van der Waals surface area contributed by atoms with Crippen molar-refractivity contribution in [1.82, 2.24) is 0 Å². The Hall–Kier alpha value is -1.09. The van der Waals surface area contributed by atoms with Gasteiger partial charge in [-0.05, 0) is 31.5 Å². The average Bonchev–Trinajstić information content (AvgIpc) is 2.11. The lowest BCUT2D eigenvalue weighted by molar-refractivity contribution is -0.115. The lowest BCUT2D eigenvalue weighted by Crippen LogP contribution is -2.20. The molecule has 0 saturated carbocycles. The minimum Gasteiger partial charge on any atom is -0.325 e. The van der Waals surface area contributed by atoms with Gasteiger partial charge in [0.25, 0.3) is 0 Å². The highest BCUT2D eigenvalue weighted by Crippen LogP contribution is 2.14. The van der Waals surface area contributed by atoms with Crippen molar-refractivity contribution in [3.05, 3.63) is 29.6 Å². The van der Waals surface area contributed by atoms with E-state index >= 15 is 0 Å². The summed E-state index contributed by atoms with van der Waals surface area (Å²) in [6.07, 6.45) is 0. The van der Waals surface area contributed by atoms with Crippen LogP contribution in [0.3, 0.4) is 0 Å². The highest BCUT2D eigenvalue weighted by molar-refractivity contribution is 6.32. The van der Waals surface area contributed by atoms with Gasteiger partial charge in [-0.3, -0.25) is 4.79 Å². The molecule has 0 aliphatic heterocycles. The lowest BCUT2D eigenvalue weighted by Gasteiger charge is -2.07. The Bertz CT molecular complexity index is 352. The van der Waals surface area contributed by atoms with Crippen LogP contribution in [0.15, 0.2) is 18.2 Å². The second kappa shape index (κ2) is 4.42. The van der Waals surface area contributed by atoms with Gasteiger partial charge in [-0.2, -0.15) is 0 Å². The number of rotatable bonds is 2. The Kier molecular flexibility index (Phi) is 3.47. The molecule has 0 spiro atoms. The molecule has 76 valence electrons. The Morgan fingerprint density at radius 2 is 2.21 bits per heavy atom. The Labute approximate surface area is 87.1 Å². The highest BCUT2D eigenvalue weighted by Gasteiger charge is 2.09. The molecular formula is C10H11ClFNO. The normalized spacial score (nSPS) is 12.3. The summed E-state index contributed by atoms with van der Waals surface area (Å²) in [6.45, 7) is 3.21. The molecule has 0 radical (unpaired) electrons. The molecule has 0 fully saturated rings. The van der Waals surface area contributed by atoms with Crippen molar-refractivity contribution in [1.29, 1.82) is 0 Å². The van der Waals surface area contributed by atoms with Gasteiger partial charge in [-0.25, -0.2) is 4.39 Å². The molecule has 1 atom stereocenters. The number of nitrogens with one attached hydrogen (secondary N) is 1. The van der Waals surface area contributed by atoms with Crippen LogP contribution in [0.1, 0.15) is 12.5 Å². The standard InChI is InChI=1S/C10H11ClFNO/c1-6-3-4-8(5-9(6)12)13-10(14)7(2)11/h3-5,7H,1-2H3,(H,13,14)/t7-/m0/s1. The fourth-order valence-corrected chi connectivity index (χ4v) is 0.967. The molecule has 14 heavy (non-hydrogen) atoms. The van der Waals surface area contributed by atoms with Gasteiger partial charge in [0.1, 0.15) is 11.2 Å². The first kappa shape index (κ1) is 11.0. The van der Waals surface area contributed by atoms with Crippen LogP contribution in [0.2, 0.25) is 0 Å². The van der Waals surface area contributed by atoms with Crippen molar-refractivity contribution in [2.24, 2.45) is 0 Å². The van der Waals surface area contributed by atoms with Gasteiger partial charge in [0.05, 0.1) is 0 Å². The van der Waals surface area contributed by atoms with E-state index in [1.165, 1.54) is 6.07 Å². The molecule has 2 nitrogen and oxygen atoms in total. The van der Waals surface area contributed by atoms with Crippen LogP contribution in [-0.4, -0.2) is 11.3 Å². The molecule has 1 aromatic carbocycles. The minimum atomic E-state index is -0.626. The van der Waals surface area contributed by atoms with E-state index in [1.807, 2.05) is 0 Å². The maximum atomic E-state index is 13.0. The predicted octanol–water partition coefficient (Wildman–Crippen LogP) is 2.70. The van der Waals surface area contributed by atoms with Crippen molar-refractivity contribution >= 4 is 23.2 Å². The van der Waals surface area contributed by atoms with E-state index in [-0.39, 0.29) is 11.7 Å². The smallest absolute Gasteiger partial charge is 0.242 e. The number of aryl methyl sites for hydroxylation is 1. The number of amides is 1. The fourth-order valence-electron chi connectivity index (χ4n) is 0.912. The molecule has 0 unspecified atom stereocenters. The second-order valence-electron chi connectivity index (χ2n) is 3.07. The third-order valence-corrected chi connectivity index (χ3v) is 2.00. The van der Waals surface area contributed by atoms with Gasteiger partial charge in [0.15, 0.2) is 0 Å². The topological polar surface area (TPSA) is 29.1 Å². The zero-order valence-corrected chi connectivity index (χ0v) is 8.73. The molecule has 1 N–H and O–H groups in total. The van der Waals surface area contributed by atoms with E-state index < -0.39 is 5.38 Å². The molecule has 0 aliphatic rings. The molecular weight excluding hydrogens is 205 g/mol. The number of carbonyl (C=O) groups is 1. The van der Waals surface area contributed by atoms with Gasteiger partial charge in [0.2, 0.25) is 5.91 Å². The Morgan fingerprint density at radius 1 is 1.57 bits per heavy atom. The first-order valence-corrected chi connectivity index (χ1v) is 4.65. The van der Waals surface area contributed by atoms with Crippen molar-refractivity contribution < 1.29 is 9.18 Å². The molecule has 1 aromatic rings. The average molecular weight is 216 g/mol. The molecule has 1 rings (SSSR count). The number of alkyl halides is 1. The summed E-state index contributed by atoms with van der Waals surface area (Å²) in [5.41, 5.74) is 0.965. The maximum Gasteiger partial charge on any atom is 0.242 e. The van der Waals surface area contributed by atoms with Gasteiger partial charge in [0, 0.05) is 5.69 Å². The number of carbonyl (C=O) groups excluding carboxylic acids is 1.